The number of carbonyl (C=O) groups is 1. The molecule has 4 nitrogen and oxygen atoms in total. The summed E-state index contributed by atoms with van der Waals surface area (Å²) in [6.45, 7) is 4.89. The van der Waals surface area contributed by atoms with Crippen molar-refractivity contribution in [2.45, 2.75) is 25.9 Å². The van der Waals surface area contributed by atoms with Crippen LogP contribution in [0.15, 0.2) is 66.9 Å². The molecule has 0 saturated carbocycles. The van der Waals surface area contributed by atoms with Crippen LogP contribution in [0, 0.1) is 13.8 Å². The average Bonchev–Trinajstić information content (AvgIpc) is 3.11. The number of carbonyl (C=O) groups excluding carboxylic acids is 1. The Hall–Kier alpha value is -2.98. The molecular weight excluding hydrogens is 348 g/mol. The van der Waals surface area contributed by atoms with E-state index >= 15 is 0 Å². The van der Waals surface area contributed by atoms with E-state index in [1.54, 1.807) is 11.1 Å². The first-order valence-electron chi connectivity index (χ1n) is 9.57. The fourth-order valence-corrected chi connectivity index (χ4v) is 3.94. The highest BCUT2D eigenvalue weighted by atomic mass is 16.3. The van der Waals surface area contributed by atoms with Gasteiger partial charge in [-0.2, -0.15) is 0 Å². The van der Waals surface area contributed by atoms with Crippen LogP contribution in [-0.2, 0) is 5.60 Å². The first-order valence-corrected chi connectivity index (χ1v) is 9.57. The van der Waals surface area contributed by atoms with Gasteiger partial charge in [-0.25, -0.2) is 0 Å². The lowest BCUT2D eigenvalue weighted by Gasteiger charge is -2.25. The Labute approximate surface area is 165 Å². The highest BCUT2D eigenvalue weighted by Crippen LogP contribution is 2.34. The highest BCUT2D eigenvalue weighted by molar-refractivity contribution is 5.95. The van der Waals surface area contributed by atoms with Crippen molar-refractivity contribution in [2.24, 2.45) is 0 Å². The maximum Gasteiger partial charge on any atom is 0.253 e. The molecule has 1 fully saturated rings. The summed E-state index contributed by atoms with van der Waals surface area (Å²) in [5.41, 5.74) is 4.64. The topological polar surface area (TPSA) is 53.4 Å². The van der Waals surface area contributed by atoms with Crippen LogP contribution in [0.4, 0.5) is 0 Å². The minimum absolute atomic E-state index is 0.0479. The summed E-state index contributed by atoms with van der Waals surface area (Å²) in [4.78, 5) is 19.1. The average molecular weight is 372 g/mol. The molecular formula is C24H24N2O2. The summed E-state index contributed by atoms with van der Waals surface area (Å²) in [5, 5.41) is 11.1. The molecule has 1 N–H and O–H groups in total. The molecule has 2 heterocycles. The lowest BCUT2D eigenvalue weighted by Crippen LogP contribution is -2.34. The van der Waals surface area contributed by atoms with Gasteiger partial charge in [0, 0.05) is 23.9 Å². The van der Waals surface area contributed by atoms with E-state index < -0.39 is 5.60 Å². The van der Waals surface area contributed by atoms with E-state index in [9.17, 15) is 9.90 Å². The minimum atomic E-state index is -0.980. The van der Waals surface area contributed by atoms with Crippen LogP contribution in [0.1, 0.15) is 33.5 Å². The van der Waals surface area contributed by atoms with Crippen molar-refractivity contribution >= 4 is 5.91 Å². The standard InChI is InChI=1S/C24H24N2O2/c1-17-11-13-25-22(15-17)19-7-9-20(10-8-19)23(27)26-14-12-24(28,16-26)21-6-4-3-5-18(21)2/h3-11,13,15,28H,12,14,16H2,1-2H3/t24-/m0/s1. The zero-order valence-electron chi connectivity index (χ0n) is 16.2. The molecule has 28 heavy (non-hydrogen) atoms. The lowest BCUT2D eigenvalue weighted by molar-refractivity contribution is 0.0412. The van der Waals surface area contributed by atoms with Gasteiger partial charge in [0.05, 0.1) is 12.2 Å². The molecule has 4 heteroatoms. The van der Waals surface area contributed by atoms with Gasteiger partial charge in [0.15, 0.2) is 0 Å². The first kappa shape index (κ1) is 18.4. The van der Waals surface area contributed by atoms with Gasteiger partial charge in [0.25, 0.3) is 5.91 Å². The van der Waals surface area contributed by atoms with Gasteiger partial charge in [-0.15, -0.1) is 0 Å². The van der Waals surface area contributed by atoms with Crippen molar-refractivity contribution in [1.29, 1.82) is 0 Å². The van der Waals surface area contributed by atoms with E-state index in [4.69, 9.17) is 0 Å². The molecule has 0 unspecified atom stereocenters. The molecule has 1 aliphatic rings. The van der Waals surface area contributed by atoms with Crippen molar-refractivity contribution in [3.8, 4) is 11.3 Å². The molecule has 142 valence electrons. The van der Waals surface area contributed by atoms with Crippen molar-refractivity contribution in [1.82, 2.24) is 9.88 Å². The van der Waals surface area contributed by atoms with Gasteiger partial charge < -0.3 is 10.0 Å². The number of amides is 1. The third-order valence-electron chi connectivity index (χ3n) is 5.52. The van der Waals surface area contributed by atoms with Crippen LogP contribution < -0.4 is 0 Å². The first-order chi connectivity index (χ1) is 13.5. The zero-order chi connectivity index (χ0) is 19.7. The maximum absolute atomic E-state index is 13.0. The third kappa shape index (κ3) is 3.43. The van der Waals surface area contributed by atoms with Crippen LogP contribution in [0.25, 0.3) is 11.3 Å². The van der Waals surface area contributed by atoms with E-state index in [0.717, 1.165) is 27.9 Å². The normalized spacial score (nSPS) is 19.0. The second-order valence-corrected chi connectivity index (χ2v) is 7.62. The van der Waals surface area contributed by atoms with Crippen molar-refractivity contribution in [3.63, 3.8) is 0 Å². The molecule has 0 aliphatic carbocycles. The van der Waals surface area contributed by atoms with E-state index in [2.05, 4.69) is 4.98 Å². The molecule has 1 aliphatic heterocycles. The molecule has 0 bridgehead atoms. The number of benzene rings is 2. The summed E-state index contributed by atoms with van der Waals surface area (Å²) in [6, 6.07) is 19.4. The third-order valence-corrected chi connectivity index (χ3v) is 5.52. The van der Waals surface area contributed by atoms with Crippen molar-refractivity contribution < 1.29 is 9.90 Å². The van der Waals surface area contributed by atoms with Crippen LogP contribution in [-0.4, -0.2) is 34.0 Å². The van der Waals surface area contributed by atoms with Crippen LogP contribution >= 0.6 is 0 Å². The predicted molar refractivity (Wildman–Crippen MR) is 110 cm³/mol. The zero-order valence-corrected chi connectivity index (χ0v) is 16.2. The molecule has 0 spiro atoms. The number of nitrogens with zero attached hydrogens (tertiary/aromatic N) is 2. The fourth-order valence-electron chi connectivity index (χ4n) is 3.94. The van der Waals surface area contributed by atoms with Crippen molar-refractivity contribution in [3.05, 3.63) is 89.1 Å². The monoisotopic (exact) mass is 372 g/mol. The molecule has 1 aromatic heterocycles. The van der Waals surface area contributed by atoms with Gasteiger partial charge in [-0.3, -0.25) is 9.78 Å². The number of hydrogen-bond donors (Lipinski definition) is 1. The van der Waals surface area contributed by atoms with E-state index in [1.807, 2.05) is 74.5 Å². The largest absolute Gasteiger partial charge is 0.383 e. The van der Waals surface area contributed by atoms with E-state index in [1.165, 1.54) is 0 Å². The number of aromatic nitrogens is 1. The summed E-state index contributed by atoms with van der Waals surface area (Å²) >= 11 is 0. The number of hydrogen-bond acceptors (Lipinski definition) is 3. The Bertz CT molecular complexity index is 1010. The number of β-amino-alcohol motifs (C(OH)–C–C–N with tert-alkyl or cyclic N) is 1. The Morgan fingerprint density at radius 2 is 1.82 bits per heavy atom. The number of aryl methyl sites for hydroxylation is 2. The number of pyridine rings is 1. The molecule has 2 aromatic carbocycles. The van der Waals surface area contributed by atoms with Gasteiger partial charge in [0.1, 0.15) is 5.60 Å². The smallest absolute Gasteiger partial charge is 0.253 e. The quantitative estimate of drug-likeness (QED) is 0.753. The van der Waals surface area contributed by atoms with Gasteiger partial charge in [-0.1, -0.05) is 36.4 Å². The van der Waals surface area contributed by atoms with Gasteiger partial charge in [0.2, 0.25) is 0 Å². The van der Waals surface area contributed by atoms with Gasteiger partial charge >= 0.3 is 0 Å². The SMILES string of the molecule is Cc1ccnc(-c2ccc(C(=O)N3CC[C@@](O)(c4ccccc4C)C3)cc2)c1. The lowest BCUT2D eigenvalue weighted by atomic mass is 9.89. The molecule has 1 saturated heterocycles. The predicted octanol–water partition coefficient (Wildman–Crippen LogP) is 4.10. The summed E-state index contributed by atoms with van der Waals surface area (Å²) in [7, 11) is 0. The van der Waals surface area contributed by atoms with Crippen LogP contribution in [0.3, 0.4) is 0 Å². The molecule has 0 radical (unpaired) electrons. The summed E-state index contributed by atoms with van der Waals surface area (Å²) in [5.74, 6) is -0.0479. The Kier molecular flexibility index (Phi) is 4.73. The van der Waals surface area contributed by atoms with Crippen LogP contribution in [0.5, 0.6) is 0 Å². The van der Waals surface area contributed by atoms with Crippen LogP contribution in [0.2, 0.25) is 0 Å². The second kappa shape index (κ2) is 7.21. The fraction of sp³-hybridized carbons (Fsp3) is 0.250. The van der Waals surface area contributed by atoms with Gasteiger partial charge in [-0.05, 0) is 61.2 Å². The molecule has 1 atom stereocenters. The van der Waals surface area contributed by atoms with E-state index in [0.29, 0.717) is 25.1 Å². The van der Waals surface area contributed by atoms with E-state index in [-0.39, 0.29) is 5.91 Å². The minimum Gasteiger partial charge on any atom is -0.383 e. The highest BCUT2D eigenvalue weighted by Gasteiger charge is 2.40. The van der Waals surface area contributed by atoms with Crippen molar-refractivity contribution in [2.75, 3.05) is 13.1 Å². The maximum atomic E-state index is 13.0. The Morgan fingerprint density at radius 3 is 2.54 bits per heavy atom. The molecule has 3 aromatic rings. The molecule has 4 rings (SSSR count). The second-order valence-electron chi connectivity index (χ2n) is 7.62. The summed E-state index contributed by atoms with van der Waals surface area (Å²) < 4.78 is 0. The molecule has 1 amide bonds. The number of likely N-dealkylation sites (tertiary alicyclic amines) is 1. The Balaban J connectivity index is 1.52. The number of aliphatic hydroxyl groups is 1. The Morgan fingerprint density at radius 1 is 1.07 bits per heavy atom. The number of rotatable bonds is 3. The summed E-state index contributed by atoms with van der Waals surface area (Å²) in [6.07, 6.45) is 2.34.